The molecule has 0 saturated heterocycles. The van der Waals surface area contributed by atoms with Gasteiger partial charge in [0.25, 0.3) is 5.95 Å². The second-order valence-electron chi connectivity index (χ2n) is 4.60. The van der Waals surface area contributed by atoms with Crippen molar-refractivity contribution < 1.29 is 5.11 Å². The van der Waals surface area contributed by atoms with Crippen LogP contribution < -0.4 is 10.6 Å². The third-order valence-corrected chi connectivity index (χ3v) is 2.83. The number of aliphatic hydroxyl groups excluding tert-OH is 1. The average Bonchev–Trinajstić information content (AvgIpc) is 3.04. The molecule has 0 aliphatic carbocycles. The van der Waals surface area contributed by atoms with E-state index in [0.717, 1.165) is 13.0 Å². The molecule has 2 heterocycles. The molecule has 0 bridgehead atoms. The molecule has 8 heteroatoms. The molecule has 0 aliphatic rings. The van der Waals surface area contributed by atoms with Gasteiger partial charge in [-0.2, -0.15) is 20.1 Å². The van der Waals surface area contributed by atoms with Crippen LogP contribution in [0.2, 0.25) is 0 Å². The van der Waals surface area contributed by atoms with Gasteiger partial charge < -0.3 is 15.7 Å². The number of hydrogen-bond acceptors (Lipinski definition) is 7. The van der Waals surface area contributed by atoms with Crippen LogP contribution in [-0.4, -0.2) is 49.0 Å². The molecule has 2 aromatic rings. The highest BCUT2D eigenvalue weighted by Crippen LogP contribution is 2.09. The van der Waals surface area contributed by atoms with Crippen molar-refractivity contribution >= 4 is 11.9 Å². The van der Waals surface area contributed by atoms with Gasteiger partial charge in [-0.05, 0) is 18.9 Å². The fourth-order valence-corrected chi connectivity index (χ4v) is 1.60. The first-order valence-corrected chi connectivity index (χ1v) is 7.14. The highest BCUT2D eigenvalue weighted by atomic mass is 16.3. The van der Waals surface area contributed by atoms with Crippen molar-refractivity contribution in [3.63, 3.8) is 0 Å². The smallest absolute Gasteiger partial charge is 0.257 e. The van der Waals surface area contributed by atoms with Gasteiger partial charge in [0.2, 0.25) is 11.9 Å². The summed E-state index contributed by atoms with van der Waals surface area (Å²) in [6.07, 6.45) is 4.65. The third-order valence-electron chi connectivity index (χ3n) is 2.83. The summed E-state index contributed by atoms with van der Waals surface area (Å²) in [5.74, 6) is 1.34. The van der Waals surface area contributed by atoms with Gasteiger partial charge >= 0.3 is 0 Å². The van der Waals surface area contributed by atoms with Crippen molar-refractivity contribution in [3.8, 4) is 5.95 Å². The lowest BCUT2D eigenvalue weighted by Crippen LogP contribution is -2.21. The fraction of sp³-hybridized carbons (Fsp3) is 0.538. The first-order valence-electron chi connectivity index (χ1n) is 7.14. The van der Waals surface area contributed by atoms with Gasteiger partial charge in [0, 0.05) is 25.5 Å². The van der Waals surface area contributed by atoms with Crippen LogP contribution in [0.25, 0.3) is 5.95 Å². The highest BCUT2D eigenvalue weighted by molar-refractivity contribution is 5.37. The molecule has 0 aromatic carbocycles. The minimum absolute atomic E-state index is 0.395. The number of anilines is 2. The number of rotatable bonds is 8. The summed E-state index contributed by atoms with van der Waals surface area (Å²) in [4.78, 5) is 12.9. The second-order valence-corrected chi connectivity index (χ2v) is 4.60. The molecule has 8 nitrogen and oxygen atoms in total. The van der Waals surface area contributed by atoms with Crippen LogP contribution in [0.3, 0.4) is 0 Å². The largest absolute Gasteiger partial charge is 0.391 e. The van der Waals surface area contributed by atoms with Crippen molar-refractivity contribution in [1.29, 1.82) is 0 Å². The predicted octanol–water partition coefficient (Wildman–Crippen LogP) is 1.06. The van der Waals surface area contributed by atoms with Crippen molar-refractivity contribution in [2.24, 2.45) is 0 Å². The van der Waals surface area contributed by atoms with Crippen molar-refractivity contribution in [2.75, 3.05) is 23.7 Å². The van der Waals surface area contributed by atoms with Gasteiger partial charge in [0.05, 0.1) is 6.10 Å². The molecule has 0 fully saturated rings. The fourth-order valence-electron chi connectivity index (χ4n) is 1.60. The number of aliphatic hydroxyl groups is 1. The Morgan fingerprint density at radius 1 is 1.19 bits per heavy atom. The van der Waals surface area contributed by atoms with E-state index in [-0.39, 0.29) is 0 Å². The lowest BCUT2D eigenvalue weighted by atomic mass is 10.3. The molecule has 21 heavy (non-hydrogen) atoms. The SMILES string of the molecule is CCCNc1nc(NCC(O)CC)nc(-n2cccn2)n1. The van der Waals surface area contributed by atoms with Crippen LogP contribution in [0.5, 0.6) is 0 Å². The van der Waals surface area contributed by atoms with Gasteiger partial charge in [-0.25, -0.2) is 4.68 Å². The van der Waals surface area contributed by atoms with Crippen LogP contribution in [0.15, 0.2) is 18.5 Å². The molecule has 0 aliphatic heterocycles. The molecular formula is C13H21N7O. The highest BCUT2D eigenvalue weighted by Gasteiger charge is 2.09. The Hall–Kier alpha value is -2.22. The van der Waals surface area contributed by atoms with Crippen LogP contribution in [0, 0.1) is 0 Å². The summed E-state index contributed by atoms with van der Waals surface area (Å²) in [5, 5.41) is 19.9. The molecule has 0 amide bonds. The van der Waals surface area contributed by atoms with Crippen LogP contribution in [-0.2, 0) is 0 Å². The monoisotopic (exact) mass is 291 g/mol. The summed E-state index contributed by atoms with van der Waals surface area (Å²) in [6.45, 7) is 5.16. The summed E-state index contributed by atoms with van der Waals surface area (Å²) >= 11 is 0. The Balaban J connectivity index is 2.20. The van der Waals surface area contributed by atoms with Gasteiger partial charge in [-0.15, -0.1) is 0 Å². The van der Waals surface area contributed by atoms with E-state index < -0.39 is 6.10 Å². The van der Waals surface area contributed by atoms with E-state index in [4.69, 9.17) is 0 Å². The van der Waals surface area contributed by atoms with Gasteiger partial charge in [0.15, 0.2) is 0 Å². The van der Waals surface area contributed by atoms with Gasteiger partial charge in [-0.1, -0.05) is 13.8 Å². The van der Waals surface area contributed by atoms with Crippen molar-refractivity contribution in [3.05, 3.63) is 18.5 Å². The average molecular weight is 291 g/mol. The molecule has 2 aromatic heterocycles. The number of nitrogens with one attached hydrogen (secondary N) is 2. The molecule has 0 radical (unpaired) electrons. The Bertz CT molecular complexity index is 543. The zero-order chi connectivity index (χ0) is 15.1. The predicted molar refractivity (Wildman–Crippen MR) is 80.5 cm³/mol. The maximum absolute atomic E-state index is 9.62. The minimum atomic E-state index is -0.429. The van der Waals surface area contributed by atoms with Gasteiger partial charge in [-0.3, -0.25) is 0 Å². The summed E-state index contributed by atoms with van der Waals surface area (Å²) in [7, 11) is 0. The molecule has 0 saturated carbocycles. The van der Waals surface area contributed by atoms with E-state index in [0.29, 0.717) is 30.8 Å². The molecule has 0 spiro atoms. The normalized spacial score (nSPS) is 12.1. The van der Waals surface area contributed by atoms with Crippen LogP contribution in [0.1, 0.15) is 26.7 Å². The molecule has 1 atom stereocenters. The van der Waals surface area contributed by atoms with E-state index in [2.05, 4.69) is 37.6 Å². The minimum Gasteiger partial charge on any atom is -0.391 e. The Morgan fingerprint density at radius 2 is 1.95 bits per heavy atom. The lowest BCUT2D eigenvalue weighted by molar-refractivity contribution is 0.183. The van der Waals surface area contributed by atoms with Crippen molar-refractivity contribution in [1.82, 2.24) is 24.7 Å². The van der Waals surface area contributed by atoms with E-state index >= 15 is 0 Å². The first-order chi connectivity index (χ1) is 10.2. The summed E-state index contributed by atoms with van der Waals surface area (Å²) < 4.78 is 1.57. The molecule has 114 valence electrons. The Kier molecular flexibility index (Phi) is 5.44. The zero-order valence-corrected chi connectivity index (χ0v) is 12.3. The molecule has 3 N–H and O–H groups in total. The van der Waals surface area contributed by atoms with E-state index in [1.54, 1.807) is 23.1 Å². The van der Waals surface area contributed by atoms with Gasteiger partial charge in [0.1, 0.15) is 0 Å². The standard InChI is InChI=1S/C13H21N7O/c1-3-6-14-11-17-12(15-9-10(21)4-2)19-13(18-11)20-8-5-7-16-20/h5,7-8,10,21H,3-4,6,9H2,1-2H3,(H2,14,15,17,18,19). The third kappa shape index (κ3) is 4.38. The maximum atomic E-state index is 9.62. The first kappa shape index (κ1) is 15.2. The summed E-state index contributed by atoms with van der Waals surface area (Å²) in [5.41, 5.74) is 0. The second kappa shape index (κ2) is 7.53. The molecule has 2 rings (SSSR count). The number of aromatic nitrogens is 5. The van der Waals surface area contributed by atoms with E-state index in [9.17, 15) is 5.11 Å². The lowest BCUT2D eigenvalue weighted by Gasteiger charge is -2.11. The summed E-state index contributed by atoms with van der Waals surface area (Å²) in [6, 6.07) is 1.80. The number of hydrogen-bond donors (Lipinski definition) is 3. The zero-order valence-electron chi connectivity index (χ0n) is 12.3. The Morgan fingerprint density at radius 3 is 2.57 bits per heavy atom. The van der Waals surface area contributed by atoms with E-state index in [1.165, 1.54) is 0 Å². The topological polar surface area (TPSA) is 101 Å². The van der Waals surface area contributed by atoms with Crippen molar-refractivity contribution in [2.45, 2.75) is 32.8 Å². The van der Waals surface area contributed by atoms with E-state index in [1.807, 2.05) is 6.92 Å². The number of nitrogens with zero attached hydrogens (tertiary/aromatic N) is 5. The maximum Gasteiger partial charge on any atom is 0.257 e. The quantitative estimate of drug-likeness (QED) is 0.668. The van der Waals surface area contributed by atoms with Crippen LogP contribution in [0.4, 0.5) is 11.9 Å². The molecular weight excluding hydrogens is 270 g/mol. The Labute approximate surface area is 123 Å². The molecule has 1 unspecified atom stereocenters. The van der Waals surface area contributed by atoms with Crippen LogP contribution >= 0.6 is 0 Å².